The van der Waals surface area contributed by atoms with Gasteiger partial charge < -0.3 is 15.3 Å². The Morgan fingerprint density at radius 1 is 0.750 bits per heavy atom. The van der Waals surface area contributed by atoms with Gasteiger partial charge in [-0.3, -0.25) is 0 Å². The summed E-state index contributed by atoms with van der Waals surface area (Å²) in [5.74, 6) is -0.923. The third kappa shape index (κ3) is 28.5. The van der Waals surface area contributed by atoms with E-state index in [2.05, 4.69) is 13.0 Å². The number of aliphatic hydroxyl groups is 2. The highest BCUT2D eigenvalue weighted by Gasteiger charge is 1.88. The fourth-order valence-electron chi connectivity index (χ4n) is 1.79. The Balaban J connectivity index is 0. The number of rotatable bonds is 13. The predicted molar refractivity (Wildman–Crippen MR) is 101 cm³/mol. The largest absolute Gasteiger partial charge is 0.478 e. The number of carbonyl (C=O) groups is 1. The van der Waals surface area contributed by atoms with E-state index in [9.17, 15) is 4.79 Å². The minimum atomic E-state index is -0.923. The van der Waals surface area contributed by atoms with Crippen molar-refractivity contribution in [3.63, 3.8) is 0 Å². The molecule has 0 bridgehead atoms. The highest BCUT2D eigenvalue weighted by Crippen LogP contribution is 2.08. The van der Waals surface area contributed by atoms with Gasteiger partial charge >= 0.3 is 5.97 Å². The molecule has 4 heteroatoms. The van der Waals surface area contributed by atoms with E-state index in [-0.39, 0.29) is 13.2 Å². The summed E-state index contributed by atoms with van der Waals surface area (Å²) in [7, 11) is 0. The molecule has 0 aromatic rings. The van der Waals surface area contributed by atoms with E-state index in [4.69, 9.17) is 15.3 Å². The Morgan fingerprint density at radius 3 is 1.79 bits per heavy atom. The number of carboxylic acids is 1. The van der Waals surface area contributed by atoms with Crippen LogP contribution in [-0.2, 0) is 4.79 Å². The molecular formula is C20H34O4. The van der Waals surface area contributed by atoms with Gasteiger partial charge in [-0.25, -0.2) is 4.79 Å². The van der Waals surface area contributed by atoms with Gasteiger partial charge in [-0.05, 0) is 12.8 Å². The van der Waals surface area contributed by atoms with Crippen LogP contribution in [0, 0.1) is 0 Å². The van der Waals surface area contributed by atoms with Gasteiger partial charge in [0.2, 0.25) is 0 Å². The van der Waals surface area contributed by atoms with Gasteiger partial charge in [-0.2, -0.15) is 0 Å². The molecule has 0 saturated carbocycles. The zero-order valence-electron chi connectivity index (χ0n) is 14.9. The van der Waals surface area contributed by atoms with Crippen LogP contribution in [0.2, 0.25) is 0 Å². The lowest BCUT2D eigenvalue weighted by Crippen LogP contribution is -1.85. The summed E-state index contributed by atoms with van der Waals surface area (Å²) in [6, 6.07) is 0. The first-order valence-corrected chi connectivity index (χ1v) is 8.80. The number of aliphatic hydroxyl groups excluding tert-OH is 2. The summed E-state index contributed by atoms with van der Waals surface area (Å²) in [6.45, 7) is 2.00. The Morgan fingerprint density at radius 2 is 1.25 bits per heavy atom. The van der Waals surface area contributed by atoms with Crippen LogP contribution in [0.5, 0.6) is 0 Å². The van der Waals surface area contributed by atoms with Gasteiger partial charge in [0.1, 0.15) is 0 Å². The summed E-state index contributed by atoms with van der Waals surface area (Å²) in [6.07, 6.45) is 24.8. The van der Waals surface area contributed by atoms with Crippen LogP contribution >= 0.6 is 0 Å². The van der Waals surface area contributed by atoms with Gasteiger partial charge in [0.15, 0.2) is 0 Å². The molecule has 138 valence electrons. The highest BCUT2D eigenvalue weighted by molar-refractivity contribution is 5.80. The molecule has 0 aliphatic carbocycles. The Labute approximate surface area is 146 Å². The van der Waals surface area contributed by atoms with E-state index in [1.54, 1.807) is 6.08 Å². The first-order valence-electron chi connectivity index (χ1n) is 8.80. The number of aliphatic carboxylic acids is 1. The maximum atomic E-state index is 10.2. The van der Waals surface area contributed by atoms with E-state index >= 15 is 0 Å². The quantitative estimate of drug-likeness (QED) is 0.264. The molecule has 0 amide bonds. The van der Waals surface area contributed by atoms with Crippen molar-refractivity contribution in [3.8, 4) is 0 Å². The maximum absolute atomic E-state index is 10.2. The first kappa shape index (κ1) is 24.6. The van der Waals surface area contributed by atoms with Crippen molar-refractivity contribution in [2.45, 2.75) is 58.3 Å². The lowest BCUT2D eigenvalue weighted by molar-refractivity contribution is -0.131. The molecular weight excluding hydrogens is 304 g/mol. The van der Waals surface area contributed by atoms with E-state index < -0.39 is 5.97 Å². The molecule has 0 radical (unpaired) electrons. The lowest BCUT2D eigenvalue weighted by Gasteiger charge is -1.98. The maximum Gasteiger partial charge on any atom is 0.328 e. The Bertz CT molecular complexity index is 366. The molecule has 4 nitrogen and oxygen atoms in total. The monoisotopic (exact) mass is 338 g/mol. The van der Waals surface area contributed by atoms with Crippen molar-refractivity contribution in [3.05, 3.63) is 48.6 Å². The summed E-state index contributed by atoms with van der Waals surface area (Å²) >= 11 is 0. The highest BCUT2D eigenvalue weighted by atomic mass is 16.4. The average Bonchev–Trinajstić information content (AvgIpc) is 2.58. The van der Waals surface area contributed by atoms with Gasteiger partial charge in [-0.15, -0.1) is 0 Å². The molecule has 0 aliphatic heterocycles. The first-order chi connectivity index (χ1) is 11.7. The van der Waals surface area contributed by atoms with Crippen molar-refractivity contribution < 1.29 is 20.1 Å². The number of carboxylic acid groups (broad SMARTS) is 1. The molecule has 0 aromatic heterocycles. The van der Waals surface area contributed by atoms with Crippen molar-refractivity contribution in [1.29, 1.82) is 0 Å². The molecule has 0 fully saturated rings. The molecule has 0 unspecified atom stereocenters. The number of allylic oxidation sites excluding steroid dienone is 7. The summed E-state index contributed by atoms with van der Waals surface area (Å²) in [5, 5.41) is 23.6. The summed E-state index contributed by atoms with van der Waals surface area (Å²) in [4.78, 5) is 10.2. The fourth-order valence-corrected chi connectivity index (χ4v) is 1.79. The normalized spacial score (nSPS) is 11.6. The molecule has 0 aromatic carbocycles. The molecule has 0 spiro atoms. The van der Waals surface area contributed by atoms with Crippen molar-refractivity contribution in [1.82, 2.24) is 0 Å². The SMILES string of the molecule is CCCCCCCCCC=CC=CC=CC=CC(=O)O.OCCO. The molecule has 3 N–H and O–H groups in total. The molecule has 0 aliphatic rings. The van der Waals surface area contributed by atoms with Crippen LogP contribution in [0.1, 0.15) is 58.3 Å². The van der Waals surface area contributed by atoms with Crippen molar-refractivity contribution >= 4 is 5.97 Å². The van der Waals surface area contributed by atoms with Crippen LogP contribution in [0.25, 0.3) is 0 Å². The van der Waals surface area contributed by atoms with Crippen LogP contribution in [0.3, 0.4) is 0 Å². The second-order valence-corrected chi connectivity index (χ2v) is 5.25. The second kappa shape index (κ2) is 23.6. The zero-order chi connectivity index (χ0) is 18.3. The smallest absolute Gasteiger partial charge is 0.328 e. The molecule has 24 heavy (non-hydrogen) atoms. The third-order valence-electron chi connectivity index (χ3n) is 3.00. The molecule has 0 saturated heterocycles. The van der Waals surface area contributed by atoms with E-state index in [0.717, 1.165) is 12.5 Å². The predicted octanol–water partition coefficient (Wildman–Crippen LogP) is 4.41. The van der Waals surface area contributed by atoms with Crippen LogP contribution in [-0.4, -0.2) is 34.5 Å². The van der Waals surface area contributed by atoms with E-state index in [1.807, 2.05) is 24.3 Å². The second-order valence-electron chi connectivity index (χ2n) is 5.25. The van der Waals surface area contributed by atoms with E-state index in [1.165, 1.54) is 51.0 Å². The van der Waals surface area contributed by atoms with Crippen LogP contribution in [0.4, 0.5) is 0 Å². The molecule has 0 heterocycles. The minimum absolute atomic E-state index is 0.125. The Kier molecular flexibility index (Phi) is 24.2. The summed E-state index contributed by atoms with van der Waals surface area (Å²) < 4.78 is 0. The lowest BCUT2D eigenvalue weighted by atomic mass is 10.1. The van der Waals surface area contributed by atoms with Crippen molar-refractivity contribution in [2.75, 3.05) is 13.2 Å². The fraction of sp³-hybridized carbons (Fsp3) is 0.550. The van der Waals surface area contributed by atoms with Gasteiger partial charge in [0.05, 0.1) is 13.2 Å². The summed E-state index contributed by atoms with van der Waals surface area (Å²) in [5.41, 5.74) is 0. The zero-order valence-corrected chi connectivity index (χ0v) is 14.9. The molecule has 0 atom stereocenters. The molecule has 0 rings (SSSR count). The number of hydrogen-bond acceptors (Lipinski definition) is 3. The third-order valence-corrected chi connectivity index (χ3v) is 3.00. The van der Waals surface area contributed by atoms with Gasteiger partial charge in [0, 0.05) is 6.08 Å². The van der Waals surface area contributed by atoms with Gasteiger partial charge in [-0.1, -0.05) is 88.0 Å². The standard InChI is InChI=1S/C18H28O2.C2H6O2/c1-2-3-4-5-6-7-8-9-10-11-12-13-14-15-16-17-18(19)20;3-1-2-4/h10-17H,2-9H2,1H3,(H,19,20);3-4H,1-2H2. The van der Waals surface area contributed by atoms with E-state index in [0.29, 0.717) is 0 Å². The van der Waals surface area contributed by atoms with Gasteiger partial charge in [0.25, 0.3) is 0 Å². The van der Waals surface area contributed by atoms with Crippen LogP contribution in [0.15, 0.2) is 48.6 Å². The van der Waals surface area contributed by atoms with Crippen molar-refractivity contribution in [2.24, 2.45) is 0 Å². The number of hydrogen-bond donors (Lipinski definition) is 3. The Hall–Kier alpha value is -1.65. The minimum Gasteiger partial charge on any atom is -0.478 e. The number of unbranched alkanes of at least 4 members (excludes halogenated alkanes) is 7. The average molecular weight is 338 g/mol. The van der Waals surface area contributed by atoms with Crippen LogP contribution < -0.4 is 0 Å². The topological polar surface area (TPSA) is 77.8 Å².